The molecule has 32 heavy (non-hydrogen) atoms. The molecule has 0 unspecified atom stereocenters. The Bertz CT molecular complexity index is 1250. The maximum Gasteiger partial charge on any atom is 0.373 e. The fourth-order valence-electron chi connectivity index (χ4n) is 3.54. The first kappa shape index (κ1) is 21.5. The maximum absolute atomic E-state index is 12.9. The van der Waals surface area contributed by atoms with Gasteiger partial charge in [0.2, 0.25) is 5.76 Å². The molecule has 1 fully saturated rings. The Morgan fingerprint density at radius 2 is 1.88 bits per heavy atom. The second-order valence-corrected chi connectivity index (χ2v) is 8.20. The highest BCUT2D eigenvalue weighted by molar-refractivity contribution is 8.18. The third-order valence-electron chi connectivity index (χ3n) is 5.10. The molecule has 0 spiro atoms. The van der Waals surface area contributed by atoms with Crippen LogP contribution in [0.15, 0.2) is 51.8 Å². The molecule has 0 radical (unpaired) electrons. The summed E-state index contributed by atoms with van der Waals surface area (Å²) < 4.78 is 12.0. The second-order valence-electron chi connectivity index (χ2n) is 7.20. The van der Waals surface area contributed by atoms with Crippen LogP contribution in [0.2, 0.25) is 0 Å². The van der Waals surface area contributed by atoms with Crippen LogP contribution in [0.4, 0.5) is 4.79 Å². The number of methoxy groups -OCH3 is 1. The number of aryl methyl sites for hydroxylation is 1. The molecule has 8 nitrogen and oxygen atoms in total. The minimum Gasteiger partial charge on any atom is -0.508 e. The number of benzene rings is 1. The molecule has 9 heteroatoms. The summed E-state index contributed by atoms with van der Waals surface area (Å²) >= 11 is 0.858. The summed E-state index contributed by atoms with van der Waals surface area (Å²) in [6.45, 7) is 3.79. The summed E-state index contributed by atoms with van der Waals surface area (Å²) in [5, 5.41) is 9.13. The number of aromatic nitrogens is 1. The van der Waals surface area contributed by atoms with E-state index in [1.807, 2.05) is 24.5 Å². The van der Waals surface area contributed by atoms with Crippen LogP contribution in [0.25, 0.3) is 11.8 Å². The number of hydrogen-bond acceptors (Lipinski definition) is 7. The molecule has 164 valence electrons. The van der Waals surface area contributed by atoms with Gasteiger partial charge in [-0.2, -0.15) is 0 Å². The van der Waals surface area contributed by atoms with E-state index in [1.54, 1.807) is 30.3 Å². The first-order valence-electron chi connectivity index (χ1n) is 9.69. The zero-order valence-electron chi connectivity index (χ0n) is 17.6. The molecule has 0 atom stereocenters. The number of furan rings is 1. The van der Waals surface area contributed by atoms with Crippen molar-refractivity contribution in [1.29, 1.82) is 0 Å². The van der Waals surface area contributed by atoms with E-state index in [1.165, 1.54) is 19.2 Å². The summed E-state index contributed by atoms with van der Waals surface area (Å²) in [6.07, 6.45) is 1.70. The lowest BCUT2D eigenvalue weighted by atomic mass is 10.2. The molecular weight excluding hydrogens is 432 g/mol. The topological polar surface area (TPSA) is 102 Å². The number of aromatic hydroxyl groups is 1. The first-order chi connectivity index (χ1) is 15.3. The van der Waals surface area contributed by atoms with E-state index in [-0.39, 0.29) is 18.1 Å². The molecule has 1 aliphatic heterocycles. The van der Waals surface area contributed by atoms with Crippen molar-refractivity contribution < 1.29 is 28.6 Å². The number of rotatable bonds is 5. The monoisotopic (exact) mass is 452 g/mol. The summed E-state index contributed by atoms with van der Waals surface area (Å²) in [5.41, 5.74) is 3.54. The van der Waals surface area contributed by atoms with E-state index in [0.29, 0.717) is 10.7 Å². The molecular formula is C23H20N2O6S. The van der Waals surface area contributed by atoms with Crippen LogP contribution < -0.4 is 0 Å². The Balaban J connectivity index is 1.58. The minimum atomic E-state index is -0.630. The Labute approximate surface area is 188 Å². The third kappa shape index (κ3) is 3.94. The molecule has 0 saturated carbocycles. The van der Waals surface area contributed by atoms with Crippen molar-refractivity contribution in [3.63, 3.8) is 0 Å². The number of esters is 1. The Morgan fingerprint density at radius 1 is 1.16 bits per heavy atom. The number of phenolic OH excluding ortho intramolecular Hbond substituents is 1. The fraction of sp³-hybridized carbons (Fsp3) is 0.174. The highest BCUT2D eigenvalue weighted by Gasteiger charge is 2.36. The zero-order valence-corrected chi connectivity index (χ0v) is 18.4. The number of carbonyl (C=O) groups excluding carboxylic acids is 3. The predicted octanol–water partition coefficient (Wildman–Crippen LogP) is 4.42. The standard InChI is InChI=1S/C23H20N2O6S/c1-13-10-15(14(2)25(13)16-4-6-17(26)7-5-16)11-20-21(27)24(23(29)32-20)12-18-8-9-19(31-18)22(28)30-3/h4-11,26H,12H2,1-3H3/b20-11+. The van der Waals surface area contributed by atoms with Gasteiger partial charge in [0, 0.05) is 17.1 Å². The molecule has 3 aromatic rings. The molecule has 0 aliphatic carbocycles. The van der Waals surface area contributed by atoms with Crippen molar-refractivity contribution in [2.75, 3.05) is 7.11 Å². The second kappa shape index (κ2) is 8.43. The van der Waals surface area contributed by atoms with E-state index >= 15 is 0 Å². The van der Waals surface area contributed by atoms with Gasteiger partial charge in [-0.3, -0.25) is 14.5 Å². The van der Waals surface area contributed by atoms with Crippen molar-refractivity contribution in [2.24, 2.45) is 0 Å². The molecule has 2 aromatic heterocycles. The summed E-state index contributed by atoms with van der Waals surface area (Å²) in [4.78, 5) is 38.3. The van der Waals surface area contributed by atoms with Crippen molar-refractivity contribution in [3.05, 3.63) is 75.8 Å². The van der Waals surface area contributed by atoms with Crippen LogP contribution in [0.5, 0.6) is 5.75 Å². The number of phenols is 1. The lowest BCUT2D eigenvalue weighted by Gasteiger charge is -2.10. The lowest BCUT2D eigenvalue weighted by Crippen LogP contribution is -2.27. The molecule has 4 rings (SSSR count). The zero-order chi connectivity index (χ0) is 23.0. The van der Waals surface area contributed by atoms with Crippen LogP contribution in [0.1, 0.15) is 33.3 Å². The maximum atomic E-state index is 12.9. The molecule has 1 aromatic carbocycles. The number of amides is 2. The predicted molar refractivity (Wildman–Crippen MR) is 118 cm³/mol. The van der Waals surface area contributed by atoms with Gasteiger partial charge < -0.3 is 18.8 Å². The van der Waals surface area contributed by atoms with E-state index in [2.05, 4.69) is 4.74 Å². The number of thioether (sulfide) groups is 1. The van der Waals surface area contributed by atoms with Gasteiger partial charge in [-0.15, -0.1) is 0 Å². The minimum absolute atomic E-state index is 0.00619. The van der Waals surface area contributed by atoms with E-state index in [0.717, 1.165) is 39.3 Å². The van der Waals surface area contributed by atoms with Crippen LogP contribution in [-0.2, 0) is 16.1 Å². The summed E-state index contributed by atoms with van der Waals surface area (Å²) in [6, 6.07) is 11.7. The normalized spacial score (nSPS) is 15.1. The summed E-state index contributed by atoms with van der Waals surface area (Å²) in [5.74, 6) is -0.564. The highest BCUT2D eigenvalue weighted by atomic mass is 32.2. The van der Waals surface area contributed by atoms with E-state index in [4.69, 9.17) is 4.42 Å². The van der Waals surface area contributed by atoms with Crippen LogP contribution in [0, 0.1) is 13.8 Å². The number of ether oxygens (including phenoxy) is 1. The first-order valence-corrected chi connectivity index (χ1v) is 10.5. The van der Waals surface area contributed by atoms with Gasteiger partial charge in [0.05, 0.1) is 18.6 Å². The smallest absolute Gasteiger partial charge is 0.373 e. The SMILES string of the molecule is COC(=O)c1ccc(CN2C(=O)S/C(=C/c3cc(C)n(-c4ccc(O)cc4)c3C)C2=O)o1. The third-order valence-corrected chi connectivity index (χ3v) is 6.01. The fourth-order valence-corrected chi connectivity index (χ4v) is 4.37. The van der Waals surface area contributed by atoms with Crippen LogP contribution in [-0.4, -0.2) is 38.8 Å². The quantitative estimate of drug-likeness (QED) is 0.452. The molecule has 1 N–H and O–H groups in total. The van der Waals surface area contributed by atoms with Gasteiger partial charge in [-0.25, -0.2) is 4.79 Å². The van der Waals surface area contributed by atoms with Crippen molar-refractivity contribution in [3.8, 4) is 11.4 Å². The largest absolute Gasteiger partial charge is 0.508 e. The van der Waals surface area contributed by atoms with Crippen molar-refractivity contribution in [2.45, 2.75) is 20.4 Å². The average molecular weight is 452 g/mol. The molecule has 2 amide bonds. The summed E-state index contributed by atoms with van der Waals surface area (Å²) in [7, 11) is 1.24. The van der Waals surface area contributed by atoms with Crippen molar-refractivity contribution >= 4 is 35.0 Å². The van der Waals surface area contributed by atoms with Crippen LogP contribution >= 0.6 is 11.8 Å². The molecule has 1 saturated heterocycles. The van der Waals surface area contributed by atoms with Gasteiger partial charge in [0.15, 0.2) is 0 Å². The van der Waals surface area contributed by atoms with Crippen molar-refractivity contribution in [1.82, 2.24) is 9.47 Å². The van der Waals surface area contributed by atoms with Crippen LogP contribution in [0.3, 0.4) is 0 Å². The Morgan fingerprint density at radius 3 is 2.56 bits per heavy atom. The number of carbonyl (C=O) groups is 3. The Kier molecular flexibility index (Phi) is 5.67. The molecule has 3 heterocycles. The number of nitrogens with zero attached hydrogens (tertiary/aromatic N) is 2. The van der Waals surface area contributed by atoms with Gasteiger partial charge in [-0.05, 0) is 79.7 Å². The Hall–Kier alpha value is -3.72. The highest BCUT2D eigenvalue weighted by Crippen LogP contribution is 2.35. The molecule has 0 bridgehead atoms. The lowest BCUT2D eigenvalue weighted by molar-refractivity contribution is -0.123. The average Bonchev–Trinajstić information content (AvgIpc) is 3.42. The van der Waals surface area contributed by atoms with Gasteiger partial charge >= 0.3 is 5.97 Å². The number of hydrogen-bond donors (Lipinski definition) is 1. The van der Waals surface area contributed by atoms with E-state index in [9.17, 15) is 19.5 Å². The molecule has 1 aliphatic rings. The van der Waals surface area contributed by atoms with Gasteiger partial charge in [0.1, 0.15) is 11.5 Å². The van der Waals surface area contributed by atoms with Gasteiger partial charge in [0.25, 0.3) is 11.1 Å². The number of imide groups is 1. The van der Waals surface area contributed by atoms with E-state index < -0.39 is 17.1 Å². The van der Waals surface area contributed by atoms with Gasteiger partial charge in [-0.1, -0.05) is 0 Å².